The van der Waals surface area contributed by atoms with Crippen molar-refractivity contribution in [1.29, 1.82) is 0 Å². The summed E-state index contributed by atoms with van der Waals surface area (Å²) in [7, 11) is 0. The van der Waals surface area contributed by atoms with E-state index in [-0.39, 0.29) is 6.23 Å². The molecule has 3 aliphatic rings. The van der Waals surface area contributed by atoms with Gasteiger partial charge in [-0.05, 0) is 29.2 Å². The second kappa shape index (κ2) is 10.2. The second-order valence-electron chi connectivity index (χ2n) is 9.89. The van der Waals surface area contributed by atoms with Crippen molar-refractivity contribution in [2.45, 2.75) is 37.5 Å². The van der Waals surface area contributed by atoms with Gasteiger partial charge in [-0.15, -0.1) is 0 Å². The first kappa shape index (κ1) is 23.6. The van der Waals surface area contributed by atoms with Gasteiger partial charge in [0.15, 0.2) is 0 Å². The number of benzene rings is 3. The van der Waals surface area contributed by atoms with E-state index in [1.165, 1.54) is 0 Å². The van der Waals surface area contributed by atoms with Gasteiger partial charge in [-0.2, -0.15) is 0 Å². The molecule has 0 aromatic heterocycles. The highest BCUT2D eigenvalue weighted by Crippen LogP contribution is 2.41. The van der Waals surface area contributed by atoms with Gasteiger partial charge in [0.05, 0.1) is 26.2 Å². The van der Waals surface area contributed by atoms with Crippen molar-refractivity contribution >= 4 is 5.97 Å². The number of esters is 1. The van der Waals surface area contributed by atoms with E-state index >= 15 is 0 Å². The van der Waals surface area contributed by atoms with Crippen LogP contribution in [0.15, 0.2) is 91.0 Å². The lowest BCUT2D eigenvalue weighted by molar-refractivity contribution is -0.984. The van der Waals surface area contributed by atoms with E-state index in [4.69, 9.17) is 9.47 Å². The van der Waals surface area contributed by atoms with Crippen LogP contribution in [0.4, 0.5) is 0 Å². The summed E-state index contributed by atoms with van der Waals surface area (Å²) in [6.45, 7) is 3.53. The monoisotopic (exact) mass is 472 g/mol. The quantitative estimate of drug-likeness (QED) is 0.274. The van der Waals surface area contributed by atoms with Crippen molar-refractivity contribution in [3.8, 4) is 5.75 Å². The molecule has 3 saturated heterocycles. The fourth-order valence-electron chi connectivity index (χ4n) is 5.75. The molecule has 1 N–H and O–H groups in total. The van der Waals surface area contributed by atoms with E-state index < -0.39 is 11.6 Å². The highest BCUT2D eigenvalue weighted by atomic mass is 16.6. The minimum absolute atomic E-state index is 0.245. The molecule has 3 fully saturated rings. The summed E-state index contributed by atoms with van der Waals surface area (Å²) in [4.78, 5) is 13.8. The van der Waals surface area contributed by atoms with Gasteiger partial charge in [0.1, 0.15) is 5.75 Å². The molecule has 0 radical (unpaired) electrons. The number of aliphatic hydroxyl groups is 1. The molecule has 6 rings (SSSR count). The lowest BCUT2D eigenvalue weighted by Gasteiger charge is -2.53. The summed E-state index contributed by atoms with van der Waals surface area (Å²) in [5.74, 6) is 0.865. The number of carbonyl (C=O) groups excluding carboxylic acids is 1. The van der Waals surface area contributed by atoms with Crippen molar-refractivity contribution in [1.82, 2.24) is 0 Å². The lowest BCUT2D eigenvalue weighted by atomic mass is 9.83. The van der Waals surface area contributed by atoms with E-state index in [0.29, 0.717) is 23.7 Å². The number of quaternary nitrogens is 1. The maximum atomic E-state index is 13.8. The molecule has 182 valence electrons. The molecular weight excluding hydrogens is 438 g/mol. The number of piperidine rings is 3. The Morgan fingerprint density at radius 3 is 1.97 bits per heavy atom. The van der Waals surface area contributed by atoms with Crippen molar-refractivity contribution in [2.75, 3.05) is 26.2 Å². The zero-order chi connectivity index (χ0) is 24.1. The van der Waals surface area contributed by atoms with Gasteiger partial charge < -0.3 is 14.6 Å². The Labute approximate surface area is 207 Å². The van der Waals surface area contributed by atoms with Crippen LogP contribution in [0.3, 0.4) is 0 Å². The smallest absolute Gasteiger partial charge is 0.352 e. The predicted octanol–water partition coefficient (Wildman–Crippen LogP) is 4.89. The number of nitrogens with zero attached hydrogens (tertiary/aromatic N) is 1. The Hall–Kier alpha value is -3.15. The summed E-state index contributed by atoms with van der Waals surface area (Å²) in [6.07, 6.45) is 3.82. The molecule has 0 amide bonds. The summed E-state index contributed by atoms with van der Waals surface area (Å²) in [6, 6.07) is 28.1. The zero-order valence-corrected chi connectivity index (χ0v) is 20.1. The third-order valence-corrected chi connectivity index (χ3v) is 7.79. The molecule has 3 aliphatic heterocycles. The van der Waals surface area contributed by atoms with E-state index in [1.807, 2.05) is 66.7 Å². The van der Waals surface area contributed by atoms with Crippen LogP contribution in [0.2, 0.25) is 0 Å². The number of fused-ring (bicyclic) bond motifs is 3. The van der Waals surface area contributed by atoms with Crippen LogP contribution < -0.4 is 4.74 Å². The van der Waals surface area contributed by atoms with Crippen molar-refractivity contribution in [3.05, 3.63) is 102 Å². The SMILES string of the molecule is O=C(O[C@@H]1CC2CC[N+]1(CCCOc1ccccc1)CC2)C(O)(c1ccccc1)c1ccccc1. The molecule has 0 saturated carbocycles. The number of hydrogen-bond acceptors (Lipinski definition) is 4. The average Bonchev–Trinajstić information content (AvgIpc) is 2.93. The van der Waals surface area contributed by atoms with Crippen molar-refractivity contribution < 1.29 is 23.9 Å². The van der Waals surface area contributed by atoms with Crippen LogP contribution >= 0.6 is 0 Å². The molecule has 0 aliphatic carbocycles. The Kier molecular flexibility index (Phi) is 6.89. The summed E-state index contributed by atoms with van der Waals surface area (Å²) >= 11 is 0. The van der Waals surface area contributed by atoms with E-state index in [2.05, 4.69) is 0 Å². The van der Waals surface area contributed by atoms with Gasteiger partial charge >= 0.3 is 5.97 Å². The molecule has 35 heavy (non-hydrogen) atoms. The zero-order valence-electron chi connectivity index (χ0n) is 20.1. The van der Waals surface area contributed by atoms with Crippen LogP contribution in [0.5, 0.6) is 5.75 Å². The van der Waals surface area contributed by atoms with Gasteiger partial charge in [0.25, 0.3) is 0 Å². The molecular formula is C30H34NO4+. The van der Waals surface area contributed by atoms with Crippen LogP contribution in [-0.4, -0.2) is 48.0 Å². The lowest BCUT2D eigenvalue weighted by Crippen LogP contribution is -2.66. The Bertz CT molecular complexity index is 1060. The summed E-state index contributed by atoms with van der Waals surface area (Å²) < 4.78 is 13.0. The van der Waals surface area contributed by atoms with Gasteiger partial charge in [0.2, 0.25) is 11.8 Å². The topological polar surface area (TPSA) is 55.8 Å². The van der Waals surface area contributed by atoms with Crippen LogP contribution in [0, 0.1) is 5.92 Å². The van der Waals surface area contributed by atoms with E-state index in [9.17, 15) is 9.90 Å². The van der Waals surface area contributed by atoms with Crippen LogP contribution in [0.1, 0.15) is 36.8 Å². The third kappa shape index (κ3) is 4.84. The number of hydrogen-bond donors (Lipinski definition) is 1. The number of rotatable bonds is 9. The maximum Gasteiger partial charge on any atom is 0.352 e. The first-order valence-corrected chi connectivity index (χ1v) is 12.7. The Balaban J connectivity index is 1.33. The Morgan fingerprint density at radius 2 is 1.40 bits per heavy atom. The largest absolute Gasteiger partial charge is 0.493 e. The van der Waals surface area contributed by atoms with Gasteiger partial charge in [-0.3, -0.25) is 4.48 Å². The molecule has 5 nitrogen and oxygen atoms in total. The molecule has 0 unspecified atom stereocenters. The molecule has 3 aromatic rings. The Morgan fingerprint density at radius 1 is 0.857 bits per heavy atom. The second-order valence-corrected chi connectivity index (χ2v) is 9.89. The molecule has 3 aromatic carbocycles. The fraction of sp³-hybridized carbons (Fsp3) is 0.367. The molecule has 0 spiro atoms. The minimum Gasteiger partial charge on any atom is -0.493 e. The molecule has 5 heteroatoms. The highest BCUT2D eigenvalue weighted by molar-refractivity contribution is 5.85. The summed E-state index contributed by atoms with van der Waals surface area (Å²) in [5, 5.41) is 11.8. The van der Waals surface area contributed by atoms with Gasteiger partial charge in [-0.1, -0.05) is 78.9 Å². The molecule has 3 heterocycles. The van der Waals surface area contributed by atoms with Gasteiger partial charge in [0, 0.05) is 25.7 Å². The van der Waals surface area contributed by atoms with E-state index in [1.54, 1.807) is 24.3 Å². The number of ether oxygens (including phenoxy) is 2. The van der Waals surface area contributed by atoms with Crippen LogP contribution in [-0.2, 0) is 15.1 Å². The van der Waals surface area contributed by atoms with E-state index in [0.717, 1.165) is 55.6 Å². The van der Waals surface area contributed by atoms with Gasteiger partial charge in [-0.25, -0.2) is 4.79 Å². The normalized spacial score (nSPS) is 23.6. The highest BCUT2D eigenvalue weighted by Gasteiger charge is 2.52. The fourth-order valence-corrected chi connectivity index (χ4v) is 5.75. The predicted molar refractivity (Wildman–Crippen MR) is 135 cm³/mol. The third-order valence-electron chi connectivity index (χ3n) is 7.79. The van der Waals surface area contributed by atoms with Crippen molar-refractivity contribution in [3.63, 3.8) is 0 Å². The van der Waals surface area contributed by atoms with Crippen molar-refractivity contribution in [2.24, 2.45) is 5.92 Å². The number of para-hydroxylation sites is 1. The van der Waals surface area contributed by atoms with Crippen LogP contribution in [0.25, 0.3) is 0 Å². The molecule has 2 bridgehead atoms. The number of carbonyl (C=O) groups is 1. The summed E-state index contributed by atoms with van der Waals surface area (Å²) in [5.41, 5.74) is -0.800. The average molecular weight is 473 g/mol. The minimum atomic E-state index is -1.85. The standard InChI is InChI=1S/C30H34NO4/c32-29(30(33,25-11-4-1-5-12-25)26-13-6-2-7-14-26)35-28-23-24-17-20-31(28,21-18-24)19-10-22-34-27-15-8-3-9-16-27/h1-9,11-16,24,28,33H,10,17-23H2/q+1/t24?,28-,31?/m1/s1. The maximum absolute atomic E-state index is 13.8. The first-order valence-electron chi connectivity index (χ1n) is 12.7. The molecule has 1 atom stereocenters. The first-order chi connectivity index (χ1) is 17.1.